The number of aromatic amines is 1. The summed E-state index contributed by atoms with van der Waals surface area (Å²) in [6.07, 6.45) is 1.12. The molecule has 0 bridgehead atoms. The van der Waals surface area contributed by atoms with Gasteiger partial charge >= 0.3 is 0 Å². The lowest BCUT2D eigenvalue weighted by Gasteiger charge is -2.02. The van der Waals surface area contributed by atoms with E-state index in [4.69, 9.17) is 5.11 Å². The molecule has 0 saturated heterocycles. The quantitative estimate of drug-likeness (QED) is 0.687. The monoisotopic (exact) mass is 205 g/mol. The molecule has 0 aliphatic carbocycles. The van der Waals surface area contributed by atoms with Gasteiger partial charge in [-0.2, -0.15) is 5.10 Å². The molecule has 1 aromatic rings. The molecule has 0 aliphatic heterocycles. The summed E-state index contributed by atoms with van der Waals surface area (Å²) in [5.41, 5.74) is 0. The zero-order chi connectivity index (χ0) is 10.1. The van der Waals surface area contributed by atoms with Gasteiger partial charge in [-0.15, -0.1) is 0 Å². The topological polar surface area (TPSA) is 95.9 Å². The Bertz CT molecular complexity index is 384. The Morgan fingerprint density at radius 1 is 1.62 bits per heavy atom. The first-order chi connectivity index (χ1) is 5.95. The highest BCUT2D eigenvalue weighted by molar-refractivity contribution is 7.90. The second-order valence-corrected chi connectivity index (χ2v) is 5.14. The van der Waals surface area contributed by atoms with Crippen LogP contribution < -0.4 is 0 Å². The van der Waals surface area contributed by atoms with Crippen LogP contribution in [0.3, 0.4) is 0 Å². The second kappa shape index (κ2) is 3.43. The van der Waals surface area contributed by atoms with Crippen molar-refractivity contribution >= 4 is 9.84 Å². The number of hydrogen-bond acceptors (Lipinski definition) is 5. The van der Waals surface area contributed by atoms with Gasteiger partial charge in [0.2, 0.25) is 0 Å². The Morgan fingerprint density at radius 2 is 2.23 bits per heavy atom. The molecule has 7 heteroatoms. The Morgan fingerprint density at radius 3 is 2.62 bits per heavy atom. The van der Waals surface area contributed by atoms with Gasteiger partial charge in [0.1, 0.15) is 17.7 Å². The first kappa shape index (κ1) is 10.1. The predicted octanol–water partition coefficient (Wildman–Crippen LogP) is -0.597. The van der Waals surface area contributed by atoms with Crippen molar-refractivity contribution in [2.24, 2.45) is 0 Å². The van der Waals surface area contributed by atoms with E-state index in [1.807, 2.05) is 0 Å². The number of rotatable bonds is 3. The summed E-state index contributed by atoms with van der Waals surface area (Å²) >= 11 is 0. The van der Waals surface area contributed by atoms with Crippen LogP contribution in [0.1, 0.15) is 23.8 Å². The number of aliphatic hydroxyl groups excluding tert-OH is 1. The Labute approximate surface area is 75.9 Å². The summed E-state index contributed by atoms with van der Waals surface area (Å²) in [6.45, 7) is 1.23. The van der Waals surface area contributed by atoms with Crippen molar-refractivity contribution in [3.05, 3.63) is 11.6 Å². The normalized spacial score (nSPS) is 14.4. The maximum Gasteiger partial charge on any atom is 0.168 e. The third kappa shape index (κ3) is 2.25. The molecule has 1 rings (SSSR count). The molecule has 0 fully saturated rings. The summed E-state index contributed by atoms with van der Waals surface area (Å²) in [5, 5.41) is 14.0. The molecule has 6 nitrogen and oxygen atoms in total. The Hall–Kier alpha value is -0.950. The van der Waals surface area contributed by atoms with Gasteiger partial charge in [0.15, 0.2) is 15.7 Å². The first-order valence-corrected chi connectivity index (χ1v) is 5.61. The lowest BCUT2D eigenvalue weighted by Crippen LogP contribution is -2.09. The van der Waals surface area contributed by atoms with E-state index in [0.29, 0.717) is 0 Å². The Balaban J connectivity index is 2.96. The minimum atomic E-state index is -3.18. The molecule has 1 atom stereocenters. The van der Waals surface area contributed by atoms with Crippen molar-refractivity contribution in [1.29, 1.82) is 0 Å². The van der Waals surface area contributed by atoms with E-state index in [1.54, 1.807) is 0 Å². The van der Waals surface area contributed by atoms with Crippen LogP contribution >= 0.6 is 0 Å². The Kier molecular flexibility index (Phi) is 2.67. The van der Waals surface area contributed by atoms with E-state index in [1.165, 1.54) is 6.92 Å². The van der Waals surface area contributed by atoms with Gasteiger partial charge in [0.05, 0.1) is 0 Å². The van der Waals surface area contributed by atoms with E-state index in [9.17, 15) is 8.42 Å². The van der Waals surface area contributed by atoms with Gasteiger partial charge in [-0.05, 0) is 6.92 Å². The molecule has 1 heterocycles. The highest BCUT2D eigenvalue weighted by Crippen LogP contribution is 2.16. The number of H-pyrrole nitrogens is 1. The molecule has 1 unspecified atom stereocenters. The number of sulfone groups is 1. The van der Waals surface area contributed by atoms with Crippen molar-refractivity contribution in [3.63, 3.8) is 0 Å². The van der Waals surface area contributed by atoms with Crippen LogP contribution in [0.2, 0.25) is 0 Å². The summed E-state index contributed by atoms with van der Waals surface area (Å²) in [5.74, 6) is 0.456. The number of aromatic nitrogens is 3. The van der Waals surface area contributed by atoms with Crippen LogP contribution in [0, 0.1) is 0 Å². The van der Waals surface area contributed by atoms with Gasteiger partial charge in [0.25, 0.3) is 0 Å². The van der Waals surface area contributed by atoms with Crippen molar-refractivity contribution < 1.29 is 13.5 Å². The highest BCUT2D eigenvalue weighted by atomic mass is 32.2. The number of hydrogen-bond donors (Lipinski definition) is 2. The fourth-order valence-electron chi connectivity index (χ4n) is 0.754. The molecule has 0 aliphatic rings. The minimum Gasteiger partial charge on any atom is -0.388 e. The smallest absolute Gasteiger partial charge is 0.168 e. The van der Waals surface area contributed by atoms with Crippen LogP contribution in [-0.4, -0.2) is 35.0 Å². The van der Waals surface area contributed by atoms with Crippen LogP contribution in [0.25, 0.3) is 0 Å². The van der Waals surface area contributed by atoms with E-state index in [0.717, 1.165) is 6.26 Å². The van der Waals surface area contributed by atoms with Gasteiger partial charge in [0, 0.05) is 6.26 Å². The number of aliphatic hydroxyl groups is 1. The summed E-state index contributed by atoms with van der Waals surface area (Å²) in [6, 6.07) is 0. The van der Waals surface area contributed by atoms with Crippen molar-refractivity contribution in [2.75, 3.05) is 6.26 Å². The molecular weight excluding hydrogens is 194 g/mol. The SMILES string of the molecule is CC(c1n[nH]c(CO)n1)S(C)(=O)=O. The third-order valence-electron chi connectivity index (χ3n) is 1.70. The van der Waals surface area contributed by atoms with Gasteiger partial charge in [-0.1, -0.05) is 0 Å². The fraction of sp³-hybridized carbons (Fsp3) is 0.667. The number of nitrogens with zero attached hydrogens (tertiary/aromatic N) is 2. The van der Waals surface area contributed by atoms with Gasteiger partial charge < -0.3 is 5.11 Å². The summed E-state index contributed by atoms with van der Waals surface area (Å²) < 4.78 is 22.1. The van der Waals surface area contributed by atoms with Gasteiger partial charge in [-0.25, -0.2) is 13.4 Å². The van der Waals surface area contributed by atoms with Crippen LogP contribution in [0.4, 0.5) is 0 Å². The molecule has 74 valence electrons. The van der Waals surface area contributed by atoms with E-state index >= 15 is 0 Å². The standard InChI is InChI=1S/C6H11N3O3S/c1-4(13(2,11)12)6-7-5(3-10)8-9-6/h4,10H,3H2,1-2H3,(H,7,8,9). The molecular formula is C6H11N3O3S. The molecule has 0 saturated carbocycles. The van der Waals surface area contributed by atoms with Gasteiger partial charge in [-0.3, -0.25) is 5.10 Å². The van der Waals surface area contributed by atoms with E-state index in [-0.39, 0.29) is 18.3 Å². The molecule has 0 amide bonds. The lowest BCUT2D eigenvalue weighted by atomic mass is 10.4. The highest BCUT2D eigenvalue weighted by Gasteiger charge is 2.21. The largest absolute Gasteiger partial charge is 0.388 e. The minimum absolute atomic E-state index is 0.187. The molecule has 0 aromatic carbocycles. The van der Waals surface area contributed by atoms with Crippen LogP contribution in [0.5, 0.6) is 0 Å². The van der Waals surface area contributed by atoms with Crippen molar-refractivity contribution in [2.45, 2.75) is 18.8 Å². The van der Waals surface area contributed by atoms with Crippen LogP contribution in [-0.2, 0) is 16.4 Å². The zero-order valence-electron chi connectivity index (χ0n) is 7.35. The molecule has 13 heavy (non-hydrogen) atoms. The zero-order valence-corrected chi connectivity index (χ0v) is 8.17. The summed E-state index contributed by atoms with van der Waals surface area (Å²) in [4.78, 5) is 3.80. The average Bonchev–Trinajstić information content (AvgIpc) is 2.48. The molecule has 1 aromatic heterocycles. The fourth-order valence-corrected chi connectivity index (χ4v) is 1.24. The van der Waals surface area contributed by atoms with Crippen molar-refractivity contribution in [1.82, 2.24) is 15.2 Å². The van der Waals surface area contributed by atoms with Crippen molar-refractivity contribution in [3.8, 4) is 0 Å². The maximum atomic E-state index is 11.1. The molecule has 0 radical (unpaired) electrons. The van der Waals surface area contributed by atoms with E-state index < -0.39 is 15.1 Å². The lowest BCUT2D eigenvalue weighted by molar-refractivity contribution is 0.271. The molecule has 0 spiro atoms. The maximum absolute atomic E-state index is 11.1. The average molecular weight is 205 g/mol. The van der Waals surface area contributed by atoms with E-state index in [2.05, 4.69) is 15.2 Å². The first-order valence-electron chi connectivity index (χ1n) is 3.66. The van der Waals surface area contributed by atoms with Crippen LogP contribution in [0.15, 0.2) is 0 Å². The molecule has 2 N–H and O–H groups in total. The third-order valence-corrected chi connectivity index (χ3v) is 3.20. The number of nitrogens with one attached hydrogen (secondary N) is 1. The summed E-state index contributed by atoms with van der Waals surface area (Å²) in [7, 11) is -3.18. The predicted molar refractivity (Wildman–Crippen MR) is 45.6 cm³/mol. The second-order valence-electron chi connectivity index (χ2n) is 2.77.